The van der Waals surface area contributed by atoms with Crippen molar-refractivity contribution in [2.75, 3.05) is 12.4 Å². The van der Waals surface area contributed by atoms with E-state index < -0.39 is 16.8 Å². The third-order valence-electron chi connectivity index (χ3n) is 3.51. The molecule has 0 aliphatic rings. The largest absolute Gasteiger partial charge is 0.490 e. The number of benzene rings is 1. The van der Waals surface area contributed by atoms with Crippen LogP contribution in [-0.2, 0) is 11.3 Å². The first-order chi connectivity index (χ1) is 12.8. The van der Waals surface area contributed by atoms with E-state index in [0.29, 0.717) is 6.54 Å². The van der Waals surface area contributed by atoms with Crippen LogP contribution in [0.2, 0.25) is 0 Å². The van der Waals surface area contributed by atoms with Crippen LogP contribution in [0.15, 0.2) is 24.4 Å². The second-order valence-electron chi connectivity index (χ2n) is 5.80. The maximum Gasteiger partial charge on any atom is 0.361 e. The van der Waals surface area contributed by atoms with Crippen LogP contribution in [-0.4, -0.2) is 39.8 Å². The molecule has 1 aromatic heterocycles. The Bertz CT molecular complexity index is 874. The monoisotopic (exact) mass is 376 g/mol. The minimum absolute atomic E-state index is 0.0370. The molecule has 0 radical (unpaired) electrons. The van der Waals surface area contributed by atoms with Gasteiger partial charge in [0.1, 0.15) is 0 Å². The van der Waals surface area contributed by atoms with Gasteiger partial charge in [0.15, 0.2) is 11.4 Å². The topological polar surface area (TPSA) is 126 Å². The second kappa shape index (κ2) is 8.30. The minimum atomic E-state index is -0.673. The summed E-state index contributed by atoms with van der Waals surface area (Å²) in [5, 5.41) is 17.8. The highest BCUT2D eigenvalue weighted by Crippen LogP contribution is 2.28. The summed E-state index contributed by atoms with van der Waals surface area (Å²) < 4.78 is 11.5. The van der Waals surface area contributed by atoms with E-state index in [1.54, 1.807) is 13.8 Å². The van der Waals surface area contributed by atoms with Gasteiger partial charge in [-0.15, -0.1) is 0 Å². The molecule has 2 aromatic rings. The van der Waals surface area contributed by atoms with Gasteiger partial charge >= 0.3 is 11.7 Å². The first-order valence-corrected chi connectivity index (χ1v) is 8.19. The Balaban J connectivity index is 2.32. The van der Waals surface area contributed by atoms with E-state index in [1.807, 2.05) is 6.92 Å². The van der Waals surface area contributed by atoms with Crippen molar-refractivity contribution in [2.24, 2.45) is 0 Å². The average Bonchev–Trinajstić information content (AvgIpc) is 3.03. The summed E-state index contributed by atoms with van der Waals surface area (Å²) in [5.74, 6) is -1.26. The molecule has 27 heavy (non-hydrogen) atoms. The van der Waals surface area contributed by atoms with Gasteiger partial charge in [-0.25, -0.2) is 4.79 Å². The number of nitrogens with one attached hydrogen (secondary N) is 1. The third kappa shape index (κ3) is 4.60. The average molecular weight is 376 g/mol. The van der Waals surface area contributed by atoms with Gasteiger partial charge in [0.05, 0.1) is 23.8 Å². The number of amides is 1. The molecule has 2 rings (SSSR count). The van der Waals surface area contributed by atoms with Crippen LogP contribution >= 0.6 is 0 Å². The molecule has 0 saturated carbocycles. The molecule has 0 saturated heterocycles. The second-order valence-corrected chi connectivity index (χ2v) is 5.80. The molecule has 144 valence electrons. The molecule has 0 unspecified atom stereocenters. The van der Waals surface area contributed by atoms with Gasteiger partial charge in [0.25, 0.3) is 5.91 Å². The highest BCUT2D eigenvalue weighted by Gasteiger charge is 2.23. The van der Waals surface area contributed by atoms with E-state index in [2.05, 4.69) is 10.4 Å². The highest BCUT2D eigenvalue weighted by atomic mass is 16.6. The lowest BCUT2D eigenvalue weighted by Crippen LogP contribution is -2.17. The fraction of sp³-hybridized carbons (Fsp3) is 0.353. The van der Waals surface area contributed by atoms with Crippen LogP contribution in [0.5, 0.6) is 5.75 Å². The van der Waals surface area contributed by atoms with Gasteiger partial charge in [-0.2, -0.15) is 5.10 Å². The summed E-state index contributed by atoms with van der Waals surface area (Å²) >= 11 is 0. The molecule has 0 aliphatic carbocycles. The van der Waals surface area contributed by atoms with Crippen molar-refractivity contribution in [1.82, 2.24) is 9.78 Å². The number of aryl methyl sites for hydroxylation is 1. The predicted molar refractivity (Wildman–Crippen MR) is 96.1 cm³/mol. The van der Waals surface area contributed by atoms with Gasteiger partial charge in [0, 0.05) is 24.4 Å². The molecule has 1 amide bonds. The minimum Gasteiger partial charge on any atom is -0.490 e. The maximum absolute atomic E-state index is 12.5. The quantitative estimate of drug-likeness (QED) is 0.447. The molecular weight excluding hydrogens is 356 g/mol. The summed E-state index contributed by atoms with van der Waals surface area (Å²) in [6.07, 6.45) is 1.14. The fourth-order valence-electron chi connectivity index (χ4n) is 2.26. The lowest BCUT2D eigenvalue weighted by atomic mass is 10.1. The van der Waals surface area contributed by atoms with Crippen molar-refractivity contribution >= 4 is 23.3 Å². The molecule has 10 heteroatoms. The van der Waals surface area contributed by atoms with Crippen molar-refractivity contribution < 1.29 is 24.0 Å². The lowest BCUT2D eigenvalue weighted by molar-refractivity contribution is -0.385. The van der Waals surface area contributed by atoms with E-state index >= 15 is 0 Å². The van der Waals surface area contributed by atoms with Crippen LogP contribution in [0.3, 0.4) is 0 Å². The van der Waals surface area contributed by atoms with Crippen LogP contribution < -0.4 is 10.1 Å². The number of hydrogen-bond acceptors (Lipinski definition) is 7. The summed E-state index contributed by atoms with van der Waals surface area (Å²) in [5.41, 5.74) is -0.184. The predicted octanol–water partition coefficient (Wildman–Crippen LogP) is 2.64. The van der Waals surface area contributed by atoms with E-state index in [4.69, 9.17) is 9.47 Å². The zero-order valence-electron chi connectivity index (χ0n) is 15.4. The van der Waals surface area contributed by atoms with Gasteiger partial charge in [-0.3, -0.25) is 19.6 Å². The molecule has 1 aromatic carbocycles. The number of carbonyl (C=O) groups is 2. The standard InChI is InChI=1S/C17H20N4O6/c1-5-20-9-12(15(19-20)17(23)27-10(2)3)18-16(22)11-6-7-14(26-4)13(8-11)21(24)25/h6-10H,5H2,1-4H3,(H,18,22). The third-order valence-corrected chi connectivity index (χ3v) is 3.51. The van der Waals surface area contributed by atoms with E-state index in [0.717, 1.165) is 6.07 Å². The lowest BCUT2D eigenvalue weighted by Gasteiger charge is -2.08. The van der Waals surface area contributed by atoms with Gasteiger partial charge in [-0.05, 0) is 32.9 Å². The number of rotatable bonds is 7. The Hall–Kier alpha value is -3.43. The number of carbonyl (C=O) groups excluding carboxylic acids is 2. The van der Waals surface area contributed by atoms with Crippen molar-refractivity contribution in [3.8, 4) is 5.75 Å². The first-order valence-electron chi connectivity index (χ1n) is 8.19. The zero-order valence-corrected chi connectivity index (χ0v) is 15.4. The maximum atomic E-state index is 12.5. The highest BCUT2D eigenvalue weighted by molar-refractivity contribution is 6.07. The van der Waals surface area contributed by atoms with Crippen molar-refractivity contribution in [2.45, 2.75) is 33.4 Å². The number of hydrogen-bond donors (Lipinski definition) is 1. The van der Waals surface area contributed by atoms with Crippen LogP contribution in [0.25, 0.3) is 0 Å². The number of esters is 1. The Morgan fingerprint density at radius 2 is 2.07 bits per heavy atom. The zero-order chi connectivity index (χ0) is 20.1. The normalized spacial score (nSPS) is 10.6. The molecular formula is C17H20N4O6. The molecule has 0 spiro atoms. The molecule has 10 nitrogen and oxygen atoms in total. The molecule has 1 heterocycles. The van der Waals surface area contributed by atoms with Gasteiger partial charge < -0.3 is 14.8 Å². The summed E-state index contributed by atoms with van der Waals surface area (Å²) in [4.78, 5) is 35.2. The van der Waals surface area contributed by atoms with Crippen molar-refractivity contribution in [3.63, 3.8) is 0 Å². The van der Waals surface area contributed by atoms with Crippen LogP contribution in [0.4, 0.5) is 11.4 Å². The summed E-state index contributed by atoms with van der Waals surface area (Å²) in [6, 6.07) is 3.82. The Kier molecular flexibility index (Phi) is 6.11. The molecule has 1 N–H and O–H groups in total. The van der Waals surface area contributed by atoms with Crippen molar-refractivity contribution in [3.05, 3.63) is 45.8 Å². The fourth-order valence-corrected chi connectivity index (χ4v) is 2.26. The Morgan fingerprint density at radius 1 is 1.37 bits per heavy atom. The number of ether oxygens (including phenoxy) is 2. The van der Waals surface area contributed by atoms with Gasteiger partial charge in [0.2, 0.25) is 0 Å². The molecule has 0 aliphatic heterocycles. The summed E-state index contributed by atoms with van der Waals surface area (Å²) in [7, 11) is 1.30. The molecule has 0 bridgehead atoms. The van der Waals surface area contributed by atoms with E-state index in [9.17, 15) is 19.7 Å². The Morgan fingerprint density at radius 3 is 2.63 bits per heavy atom. The smallest absolute Gasteiger partial charge is 0.361 e. The van der Waals surface area contributed by atoms with E-state index in [1.165, 1.54) is 30.1 Å². The number of nitro benzene ring substituents is 1. The van der Waals surface area contributed by atoms with E-state index in [-0.39, 0.29) is 34.5 Å². The van der Waals surface area contributed by atoms with Crippen LogP contribution in [0, 0.1) is 10.1 Å². The Labute approximate surface area is 155 Å². The molecule has 0 atom stereocenters. The van der Waals surface area contributed by atoms with Crippen LogP contribution in [0.1, 0.15) is 41.6 Å². The number of nitro groups is 1. The number of anilines is 1. The molecule has 0 fully saturated rings. The first kappa shape index (κ1) is 19.9. The SMILES string of the molecule is CCn1cc(NC(=O)c2ccc(OC)c([N+](=O)[O-])c2)c(C(=O)OC(C)C)n1. The number of methoxy groups -OCH3 is 1. The summed E-state index contributed by atoms with van der Waals surface area (Å²) in [6.45, 7) is 5.70. The van der Waals surface area contributed by atoms with Gasteiger partial charge in [-0.1, -0.05) is 0 Å². The van der Waals surface area contributed by atoms with Crippen molar-refractivity contribution in [1.29, 1.82) is 0 Å². The number of aromatic nitrogens is 2. The number of nitrogens with zero attached hydrogens (tertiary/aromatic N) is 3.